The summed E-state index contributed by atoms with van der Waals surface area (Å²) in [6.45, 7) is 0. The predicted molar refractivity (Wildman–Crippen MR) is 134 cm³/mol. The molecule has 0 aliphatic carbocycles. The van der Waals surface area contributed by atoms with Gasteiger partial charge in [-0.2, -0.15) is 0 Å². The molecule has 1 aliphatic rings. The number of pyridine rings is 1. The van der Waals surface area contributed by atoms with E-state index in [9.17, 15) is 4.79 Å². The normalized spacial score (nSPS) is 12.2. The largest absolute Gasteiger partial charge is 0.496 e. The fourth-order valence-corrected chi connectivity index (χ4v) is 4.08. The van der Waals surface area contributed by atoms with Crippen LogP contribution in [0.1, 0.15) is 5.56 Å². The maximum Gasteiger partial charge on any atom is 0.255 e. The molecule has 0 bridgehead atoms. The zero-order valence-corrected chi connectivity index (χ0v) is 19.2. The highest BCUT2D eigenvalue weighted by Gasteiger charge is 2.19. The van der Waals surface area contributed by atoms with Gasteiger partial charge < -0.3 is 14.8 Å². The highest BCUT2D eigenvalue weighted by molar-refractivity contribution is 6.30. The average molecular weight is 469 g/mol. The number of nitrogens with zero attached hydrogens (tertiary/aromatic N) is 1. The quantitative estimate of drug-likeness (QED) is 0.361. The van der Waals surface area contributed by atoms with E-state index in [2.05, 4.69) is 5.32 Å². The summed E-state index contributed by atoms with van der Waals surface area (Å²) in [6, 6.07) is 26.6. The Morgan fingerprint density at radius 2 is 1.79 bits per heavy atom. The first-order valence-electron chi connectivity index (χ1n) is 10.8. The fourth-order valence-electron chi connectivity index (χ4n) is 3.89. The van der Waals surface area contributed by atoms with Crippen molar-refractivity contribution in [2.75, 3.05) is 12.4 Å². The summed E-state index contributed by atoms with van der Waals surface area (Å²) >= 11 is 6.09. The van der Waals surface area contributed by atoms with E-state index < -0.39 is 0 Å². The van der Waals surface area contributed by atoms with Crippen LogP contribution in [0.4, 0.5) is 5.69 Å². The van der Waals surface area contributed by atoms with E-state index >= 15 is 0 Å². The van der Waals surface area contributed by atoms with E-state index in [0.717, 1.165) is 33.8 Å². The monoisotopic (exact) mass is 468 g/mol. The van der Waals surface area contributed by atoms with Crippen molar-refractivity contribution in [2.24, 2.45) is 0 Å². The number of nitrogens with one attached hydrogen (secondary N) is 1. The molecule has 34 heavy (non-hydrogen) atoms. The van der Waals surface area contributed by atoms with Crippen LogP contribution in [0, 0.1) is 0 Å². The molecule has 2 heterocycles. The van der Waals surface area contributed by atoms with Crippen LogP contribution in [0.25, 0.3) is 22.5 Å². The molecule has 0 unspecified atom stereocenters. The van der Waals surface area contributed by atoms with Gasteiger partial charge in [-0.1, -0.05) is 41.9 Å². The molecule has 0 radical (unpaired) electrons. The molecule has 0 atom stereocenters. The molecule has 3 aromatic carbocycles. The number of aromatic nitrogens is 1. The number of ether oxygens (including phenoxy) is 2. The minimum Gasteiger partial charge on any atom is -0.496 e. The molecule has 0 fully saturated rings. The highest BCUT2D eigenvalue weighted by atomic mass is 35.5. The topological polar surface area (TPSA) is 60.5 Å². The van der Waals surface area contributed by atoms with Crippen LogP contribution in [-0.4, -0.2) is 18.0 Å². The van der Waals surface area contributed by atoms with Crippen LogP contribution in [0.5, 0.6) is 11.5 Å². The summed E-state index contributed by atoms with van der Waals surface area (Å²) in [5.74, 6) is 1.25. The Morgan fingerprint density at radius 1 is 0.971 bits per heavy atom. The van der Waals surface area contributed by atoms with E-state index in [0.29, 0.717) is 28.5 Å². The lowest BCUT2D eigenvalue weighted by atomic mass is 10.0. The lowest BCUT2D eigenvalue weighted by Gasteiger charge is -2.17. The van der Waals surface area contributed by atoms with Crippen molar-refractivity contribution in [3.05, 3.63) is 107 Å². The molecule has 6 heteroatoms. The lowest BCUT2D eigenvalue weighted by molar-refractivity contribution is -0.113. The Morgan fingerprint density at radius 3 is 2.68 bits per heavy atom. The first kappa shape index (κ1) is 21.7. The average Bonchev–Trinajstić information content (AvgIpc) is 2.88. The molecule has 1 aromatic heterocycles. The summed E-state index contributed by atoms with van der Waals surface area (Å²) in [6.07, 6.45) is 1.94. The smallest absolute Gasteiger partial charge is 0.255 e. The molecule has 0 spiro atoms. The minimum absolute atomic E-state index is 0.224. The maximum atomic E-state index is 12.9. The second kappa shape index (κ2) is 9.41. The van der Waals surface area contributed by atoms with Gasteiger partial charge in [0.1, 0.15) is 17.8 Å². The van der Waals surface area contributed by atoms with Gasteiger partial charge in [-0.25, -0.2) is 4.98 Å². The number of anilines is 1. The van der Waals surface area contributed by atoms with Gasteiger partial charge in [-0.05, 0) is 54.6 Å². The van der Waals surface area contributed by atoms with Crippen molar-refractivity contribution in [3.63, 3.8) is 0 Å². The fraction of sp³-hybridized carbons (Fsp3) is 0.0714. The zero-order valence-electron chi connectivity index (χ0n) is 18.4. The van der Waals surface area contributed by atoms with Gasteiger partial charge in [0.25, 0.3) is 5.91 Å². The summed E-state index contributed by atoms with van der Waals surface area (Å²) in [5, 5.41) is 3.57. The van der Waals surface area contributed by atoms with Crippen molar-refractivity contribution < 1.29 is 14.3 Å². The van der Waals surface area contributed by atoms with Gasteiger partial charge >= 0.3 is 0 Å². The molecule has 4 aromatic rings. The number of halogens is 1. The van der Waals surface area contributed by atoms with E-state index in [1.165, 1.54) is 6.26 Å². The Bertz CT molecular complexity index is 1410. The number of amides is 1. The standard InChI is InChI=1S/C28H21ClN2O3/c1-33-27-11-3-2-8-23(27)25-10-5-9-24(31-25)18-6-4-7-22(16-18)30-28(32)20-14-19-15-21(29)12-13-26(19)34-17-20/h2-13,15-17H,14H2,1H3,(H,30,32). The lowest BCUT2D eigenvalue weighted by Crippen LogP contribution is -2.19. The Kier molecular flexibility index (Phi) is 6.02. The van der Waals surface area contributed by atoms with Gasteiger partial charge in [0.15, 0.2) is 0 Å². The number of hydrogen-bond acceptors (Lipinski definition) is 4. The van der Waals surface area contributed by atoms with Crippen LogP contribution in [0.2, 0.25) is 5.02 Å². The Balaban J connectivity index is 1.36. The number of methoxy groups -OCH3 is 1. The molecule has 0 saturated carbocycles. The van der Waals surface area contributed by atoms with Crippen LogP contribution in [-0.2, 0) is 11.2 Å². The van der Waals surface area contributed by atoms with Gasteiger partial charge in [0.2, 0.25) is 0 Å². The predicted octanol–water partition coefficient (Wildman–Crippen LogP) is 6.54. The molecule has 5 nitrogen and oxygen atoms in total. The molecular formula is C28H21ClN2O3. The summed E-state index contributed by atoms with van der Waals surface area (Å²) < 4.78 is 11.1. The number of carbonyl (C=O) groups excluding carboxylic acids is 1. The molecular weight excluding hydrogens is 448 g/mol. The third kappa shape index (κ3) is 4.51. The van der Waals surface area contributed by atoms with E-state index in [4.69, 9.17) is 26.1 Å². The molecule has 1 amide bonds. The number of carbonyl (C=O) groups is 1. The second-order valence-electron chi connectivity index (χ2n) is 7.83. The van der Waals surface area contributed by atoms with E-state index in [-0.39, 0.29) is 5.91 Å². The van der Waals surface area contributed by atoms with Crippen LogP contribution >= 0.6 is 11.6 Å². The number of fused-ring (bicyclic) bond motifs is 1. The van der Waals surface area contributed by atoms with Crippen molar-refractivity contribution in [1.29, 1.82) is 0 Å². The maximum absolute atomic E-state index is 12.9. The summed E-state index contributed by atoms with van der Waals surface area (Å²) in [7, 11) is 1.65. The van der Waals surface area contributed by atoms with Gasteiger partial charge in [-0.3, -0.25) is 4.79 Å². The van der Waals surface area contributed by atoms with E-state index in [1.807, 2.05) is 72.8 Å². The molecule has 0 saturated heterocycles. The first-order valence-corrected chi connectivity index (χ1v) is 11.1. The van der Waals surface area contributed by atoms with Gasteiger partial charge in [0.05, 0.1) is 24.1 Å². The summed E-state index contributed by atoms with van der Waals surface area (Å²) in [5.41, 5.74) is 5.49. The molecule has 5 rings (SSSR count). The van der Waals surface area contributed by atoms with Gasteiger partial charge in [-0.15, -0.1) is 0 Å². The van der Waals surface area contributed by atoms with Crippen LogP contribution in [0.15, 0.2) is 96.8 Å². The van der Waals surface area contributed by atoms with Crippen molar-refractivity contribution >= 4 is 23.2 Å². The second-order valence-corrected chi connectivity index (χ2v) is 8.27. The number of hydrogen-bond donors (Lipinski definition) is 1. The third-order valence-corrected chi connectivity index (χ3v) is 5.81. The number of benzene rings is 3. The molecule has 168 valence electrons. The zero-order chi connectivity index (χ0) is 23.5. The SMILES string of the molecule is COc1ccccc1-c1cccc(-c2cccc(NC(=O)C3=COc4ccc(Cl)cc4C3)c2)n1. The Hall–Kier alpha value is -4.09. The third-order valence-electron chi connectivity index (χ3n) is 5.57. The molecule has 1 aliphatic heterocycles. The van der Waals surface area contributed by atoms with Crippen LogP contribution in [0.3, 0.4) is 0 Å². The van der Waals surface area contributed by atoms with Crippen molar-refractivity contribution in [1.82, 2.24) is 4.98 Å². The van der Waals surface area contributed by atoms with Gasteiger partial charge in [0, 0.05) is 33.8 Å². The molecule has 1 N–H and O–H groups in total. The Labute approximate surface area is 202 Å². The number of para-hydroxylation sites is 1. The van der Waals surface area contributed by atoms with Crippen molar-refractivity contribution in [2.45, 2.75) is 6.42 Å². The van der Waals surface area contributed by atoms with Crippen LogP contribution < -0.4 is 14.8 Å². The highest BCUT2D eigenvalue weighted by Crippen LogP contribution is 2.31. The summed E-state index contributed by atoms with van der Waals surface area (Å²) in [4.78, 5) is 17.7. The minimum atomic E-state index is -0.224. The van der Waals surface area contributed by atoms with Crippen molar-refractivity contribution in [3.8, 4) is 34.0 Å². The number of rotatable bonds is 5. The van der Waals surface area contributed by atoms with E-state index in [1.54, 1.807) is 19.2 Å². The first-order chi connectivity index (χ1) is 16.6.